The van der Waals surface area contributed by atoms with Gasteiger partial charge in [0, 0.05) is 41.3 Å². The highest BCUT2D eigenvalue weighted by Crippen LogP contribution is 2.48. The summed E-state index contributed by atoms with van der Waals surface area (Å²) in [5, 5.41) is 17.4. The van der Waals surface area contributed by atoms with E-state index >= 15 is 8.78 Å². The Morgan fingerprint density at radius 1 is 1.13 bits per heavy atom. The summed E-state index contributed by atoms with van der Waals surface area (Å²) >= 11 is 0. The Labute approximate surface area is 222 Å². The van der Waals surface area contributed by atoms with Gasteiger partial charge in [0.1, 0.15) is 11.7 Å². The van der Waals surface area contributed by atoms with Crippen LogP contribution in [-0.4, -0.2) is 39.3 Å². The predicted octanol–water partition coefficient (Wildman–Crippen LogP) is 5.39. The molecule has 38 heavy (non-hydrogen) atoms. The maximum absolute atomic E-state index is 15.3. The Hall–Kier alpha value is -3.56. The average molecular weight is 529 g/mol. The molecule has 2 amide bonds. The summed E-state index contributed by atoms with van der Waals surface area (Å²) < 4.78 is 32.0. The van der Waals surface area contributed by atoms with Crippen LogP contribution in [0.15, 0.2) is 42.2 Å². The summed E-state index contributed by atoms with van der Waals surface area (Å²) in [6, 6.07) is 6.54. The van der Waals surface area contributed by atoms with Gasteiger partial charge in [-0.25, -0.2) is 8.78 Å². The summed E-state index contributed by atoms with van der Waals surface area (Å²) in [6.07, 6.45) is 1.50. The smallest absolute Gasteiger partial charge is 0.270 e. The van der Waals surface area contributed by atoms with Gasteiger partial charge in [-0.05, 0) is 69.7 Å². The fourth-order valence-electron chi connectivity index (χ4n) is 5.05. The van der Waals surface area contributed by atoms with E-state index in [1.807, 2.05) is 27.7 Å². The Kier molecular flexibility index (Phi) is 8.43. The van der Waals surface area contributed by atoms with E-state index in [9.17, 15) is 9.59 Å². The van der Waals surface area contributed by atoms with Crippen molar-refractivity contribution in [3.05, 3.63) is 53.5 Å². The van der Waals surface area contributed by atoms with Gasteiger partial charge in [-0.3, -0.25) is 14.3 Å². The van der Waals surface area contributed by atoms with E-state index in [4.69, 9.17) is 11.1 Å². The van der Waals surface area contributed by atoms with Gasteiger partial charge in [0.05, 0.1) is 5.92 Å². The van der Waals surface area contributed by atoms with Crippen LogP contribution in [0.25, 0.3) is 5.57 Å². The molecule has 10 heteroatoms. The van der Waals surface area contributed by atoms with E-state index in [1.54, 1.807) is 38.1 Å². The van der Waals surface area contributed by atoms with E-state index < -0.39 is 35.1 Å². The maximum atomic E-state index is 15.3. The third-order valence-corrected chi connectivity index (χ3v) is 7.02. The Morgan fingerprint density at radius 2 is 1.76 bits per heavy atom. The minimum atomic E-state index is -3.13. The molecular weight excluding hydrogens is 490 g/mol. The number of halogens is 2. The number of nitrogens with two attached hydrogens (primary N) is 1. The van der Waals surface area contributed by atoms with Crippen LogP contribution in [-0.2, 0) is 4.79 Å². The molecule has 1 heterocycles. The zero-order valence-electron chi connectivity index (χ0n) is 22.9. The minimum Gasteiger partial charge on any atom is -0.402 e. The lowest BCUT2D eigenvalue weighted by molar-refractivity contribution is -0.140. The first kappa shape index (κ1) is 29.0. The molecule has 1 saturated carbocycles. The van der Waals surface area contributed by atoms with Gasteiger partial charge in [0.15, 0.2) is 0 Å². The number of carbonyl (C=O) groups excluding carboxylic acids is 2. The van der Waals surface area contributed by atoms with E-state index in [0.29, 0.717) is 34.7 Å². The van der Waals surface area contributed by atoms with Crippen molar-refractivity contribution in [1.29, 1.82) is 5.41 Å². The zero-order chi connectivity index (χ0) is 28.4. The standard InChI is InChI=1S/C28H38F2N6O2/c1-16(2)36-22(11-14-33-36)25(37)35-24(21-15-27(5,6)12-13-28(21,29)30)26(38)34-20-9-7-19(8-10-20)23(17(3)31)18(4)32/h7-11,14,16,21,24,31H,12-13,15,32H2,1-6H3,(H,34,38)(H,35,37)/b23-18+,31-17?/t21?,24-/m0/s1. The predicted molar refractivity (Wildman–Crippen MR) is 145 cm³/mol. The first-order valence-corrected chi connectivity index (χ1v) is 12.8. The summed E-state index contributed by atoms with van der Waals surface area (Å²) in [5.41, 5.74) is 8.15. The number of alkyl halides is 2. The lowest BCUT2D eigenvalue weighted by Crippen LogP contribution is -2.56. The zero-order valence-corrected chi connectivity index (χ0v) is 22.9. The summed E-state index contributed by atoms with van der Waals surface area (Å²) in [6.45, 7) is 10.8. The number of anilines is 1. The van der Waals surface area contributed by atoms with Gasteiger partial charge < -0.3 is 21.8 Å². The van der Waals surface area contributed by atoms with Crippen molar-refractivity contribution in [2.24, 2.45) is 17.1 Å². The second-order valence-corrected chi connectivity index (χ2v) is 11.2. The van der Waals surface area contributed by atoms with Crippen LogP contribution in [0.2, 0.25) is 0 Å². The molecule has 1 fully saturated rings. The third-order valence-electron chi connectivity index (χ3n) is 7.02. The molecule has 3 rings (SSSR count). The van der Waals surface area contributed by atoms with E-state index in [-0.39, 0.29) is 24.6 Å². The normalized spacial score (nSPS) is 19.9. The van der Waals surface area contributed by atoms with Crippen LogP contribution >= 0.6 is 0 Å². The molecule has 0 saturated heterocycles. The number of allylic oxidation sites excluding steroid dienone is 2. The molecule has 0 spiro atoms. The molecular formula is C28H38F2N6O2. The lowest BCUT2D eigenvalue weighted by Gasteiger charge is -2.43. The monoisotopic (exact) mass is 528 g/mol. The van der Waals surface area contributed by atoms with Gasteiger partial charge in [-0.15, -0.1) is 0 Å². The molecule has 5 N–H and O–H groups in total. The number of nitrogens with one attached hydrogen (secondary N) is 3. The van der Waals surface area contributed by atoms with Crippen molar-refractivity contribution in [3.8, 4) is 0 Å². The van der Waals surface area contributed by atoms with Crippen molar-refractivity contribution in [3.63, 3.8) is 0 Å². The number of aromatic nitrogens is 2. The van der Waals surface area contributed by atoms with E-state index in [1.165, 1.54) is 16.9 Å². The number of amides is 2. The minimum absolute atomic E-state index is 0.0727. The summed E-state index contributed by atoms with van der Waals surface area (Å²) in [7, 11) is 0. The molecule has 206 valence electrons. The van der Waals surface area contributed by atoms with Crippen molar-refractivity contribution in [2.45, 2.75) is 78.8 Å². The number of benzene rings is 1. The van der Waals surface area contributed by atoms with Crippen LogP contribution in [0, 0.1) is 16.7 Å². The van der Waals surface area contributed by atoms with Gasteiger partial charge in [0.25, 0.3) is 11.8 Å². The fourth-order valence-corrected chi connectivity index (χ4v) is 5.05. The van der Waals surface area contributed by atoms with Crippen molar-refractivity contribution < 1.29 is 18.4 Å². The molecule has 2 aromatic rings. The van der Waals surface area contributed by atoms with Gasteiger partial charge in [-0.2, -0.15) is 5.10 Å². The molecule has 0 aliphatic heterocycles. The SMILES string of the molecule is CC(=N)/C(=C(/C)N)c1ccc(NC(=O)[C@@H](NC(=O)c2ccnn2C(C)C)C2CC(C)(C)CCC2(F)F)cc1. The molecule has 1 unspecified atom stereocenters. The summed E-state index contributed by atoms with van der Waals surface area (Å²) in [4.78, 5) is 26.8. The Morgan fingerprint density at radius 3 is 2.32 bits per heavy atom. The van der Waals surface area contributed by atoms with E-state index in [0.717, 1.165) is 0 Å². The number of nitrogens with zero attached hydrogens (tertiary/aromatic N) is 2. The molecule has 0 bridgehead atoms. The number of hydrogen-bond acceptors (Lipinski definition) is 5. The van der Waals surface area contributed by atoms with Crippen LogP contribution < -0.4 is 16.4 Å². The number of carbonyl (C=O) groups is 2. The first-order chi connectivity index (χ1) is 17.6. The highest BCUT2D eigenvalue weighted by atomic mass is 19.3. The lowest BCUT2D eigenvalue weighted by atomic mass is 9.68. The third kappa shape index (κ3) is 6.46. The average Bonchev–Trinajstić information content (AvgIpc) is 3.31. The van der Waals surface area contributed by atoms with Crippen molar-refractivity contribution >= 4 is 28.8 Å². The molecule has 1 aliphatic carbocycles. The molecule has 1 aliphatic rings. The maximum Gasteiger partial charge on any atom is 0.270 e. The molecule has 1 aromatic carbocycles. The van der Waals surface area contributed by atoms with Crippen LogP contribution in [0.5, 0.6) is 0 Å². The highest BCUT2D eigenvalue weighted by molar-refractivity contribution is 6.21. The van der Waals surface area contributed by atoms with Crippen LogP contribution in [0.3, 0.4) is 0 Å². The largest absolute Gasteiger partial charge is 0.402 e. The second-order valence-electron chi connectivity index (χ2n) is 11.2. The Balaban J connectivity index is 1.93. The van der Waals surface area contributed by atoms with Gasteiger partial charge >= 0.3 is 0 Å². The second kappa shape index (κ2) is 11.0. The quantitative estimate of drug-likeness (QED) is 0.343. The van der Waals surface area contributed by atoms with Gasteiger partial charge in [-0.1, -0.05) is 26.0 Å². The van der Waals surface area contributed by atoms with Crippen LogP contribution in [0.1, 0.15) is 82.9 Å². The van der Waals surface area contributed by atoms with E-state index in [2.05, 4.69) is 15.7 Å². The first-order valence-electron chi connectivity index (χ1n) is 12.8. The molecule has 2 atom stereocenters. The number of rotatable bonds is 8. The van der Waals surface area contributed by atoms with Gasteiger partial charge in [0.2, 0.25) is 5.91 Å². The van der Waals surface area contributed by atoms with Crippen molar-refractivity contribution in [1.82, 2.24) is 15.1 Å². The molecule has 1 aromatic heterocycles. The molecule has 8 nitrogen and oxygen atoms in total. The highest BCUT2D eigenvalue weighted by Gasteiger charge is 2.52. The fraction of sp³-hybridized carbons (Fsp3) is 0.500. The topological polar surface area (TPSA) is 126 Å². The summed E-state index contributed by atoms with van der Waals surface area (Å²) in [5.74, 6) is -5.88. The number of hydrogen-bond donors (Lipinski definition) is 4. The Bertz CT molecular complexity index is 1230. The van der Waals surface area contributed by atoms with Crippen LogP contribution in [0.4, 0.5) is 14.5 Å². The molecule has 0 radical (unpaired) electrons. The van der Waals surface area contributed by atoms with Crippen molar-refractivity contribution in [2.75, 3.05) is 5.32 Å².